The molecular formula is C20H34. The summed E-state index contributed by atoms with van der Waals surface area (Å²) >= 11 is 0. The predicted molar refractivity (Wildman–Crippen MR) is 85.4 cm³/mol. The third kappa shape index (κ3) is 1.60. The molecule has 114 valence electrons. The summed E-state index contributed by atoms with van der Waals surface area (Å²) in [6.45, 7) is 10.5. The van der Waals surface area contributed by atoms with E-state index < -0.39 is 0 Å². The van der Waals surface area contributed by atoms with Gasteiger partial charge >= 0.3 is 0 Å². The van der Waals surface area contributed by atoms with Crippen LogP contribution in [0.1, 0.15) is 79.1 Å². The van der Waals surface area contributed by atoms with Crippen LogP contribution < -0.4 is 0 Å². The van der Waals surface area contributed by atoms with E-state index in [-0.39, 0.29) is 0 Å². The zero-order chi connectivity index (χ0) is 14.1. The molecule has 4 aliphatic carbocycles. The van der Waals surface area contributed by atoms with Gasteiger partial charge in [0.15, 0.2) is 0 Å². The van der Waals surface area contributed by atoms with Crippen LogP contribution in [-0.4, -0.2) is 0 Å². The Morgan fingerprint density at radius 3 is 2.45 bits per heavy atom. The van der Waals surface area contributed by atoms with Crippen molar-refractivity contribution in [2.24, 2.45) is 46.3 Å². The molecular weight excluding hydrogens is 240 g/mol. The monoisotopic (exact) mass is 274 g/mol. The maximum Gasteiger partial charge on any atom is -0.0266 e. The lowest BCUT2D eigenvalue weighted by atomic mass is 9.46. The second kappa shape index (κ2) is 4.26. The second-order valence-corrected chi connectivity index (χ2v) is 9.72. The molecule has 0 heteroatoms. The molecule has 0 N–H and O–H groups in total. The van der Waals surface area contributed by atoms with Crippen molar-refractivity contribution in [3.63, 3.8) is 0 Å². The Morgan fingerprint density at radius 2 is 1.65 bits per heavy atom. The van der Waals surface area contributed by atoms with Crippen LogP contribution in [0.2, 0.25) is 0 Å². The van der Waals surface area contributed by atoms with Gasteiger partial charge in [-0.25, -0.2) is 0 Å². The van der Waals surface area contributed by atoms with Crippen LogP contribution in [0.3, 0.4) is 0 Å². The van der Waals surface area contributed by atoms with Gasteiger partial charge in [0.25, 0.3) is 0 Å². The van der Waals surface area contributed by atoms with Gasteiger partial charge in [-0.2, -0.15) is 0 Å². The first-order chi connectivity index (χ1) is 9.46. The third-order valence-electron chi connectivity index (χ3n) is 8.97. The molecule has 0 aromatic rings. The van der Waals surface area contributed by atoms with Gasteiger partial charge in [0.1, 0.15) is 0 Å². The van der Waals surface area contributed by atoms with E-state index in [4.69, 9.17) is 0 Å². The highest BCUT2D eigenvalue weighted by Gasteiger charge is 2.63. The molecule has 0 radical (unpaired) electrons. The summed E-state index contributed by atoms with van der Waals surface area (Å²) in [5.74, 6) is 6.30. The molecule has 0 spiro atoms. The molecule has 4 fully saturated rings. The summed E-state index contributed by atoms with van der Waals surface area (Å²) in [5.41, 5.74) is 1.39. The van der Waals surface area contributed by atoms with Crippen molar-refractivity contribution in [3.05, 3.63) is 0 Å². The molecule has 4 aliphatic rings. The molecule has 0 bridgehead atoms. The first-order valence-corrected chi connectivity index (χ1v) is 9.46. The Bertz CT molecular complexity index is 399. The van der Waals surface area contributed by atoms with Crippen molar-refractivity contribution in [1.82, 2.24) is 0 Å². The van der Waals surface area contributed by atoms with Crippen molar-refractivity contribution in [3.8, 4) is 0 Å². The molecule has 0 saturated heterocycles. The quantitative estimate of drug-likeness (QED) is 0.515. The fourth-order valence-corrected chi connectivity index (χ4v) is 7.58. The van der Waals surface area contributed by atoms with Gasteiger partial charge in [0.05, 0.1) is 0 Å². The standard InChI is InChI=1S/C20H34/c1-13-6-5-9-19(3)10-11-20(4)14(2)7-8-15-12-16(13)18(19)17(15)20/h13-18H,5-12H2,1-4H3. The van der Waals surface area contributed by atoms with E-state index in [1.165, 1.54) is 38.5 Å². The van der Waals surface area contributed by atoms with Crippen molar-refractivity contribution in [2.75, 3.05) is 0 Å². The minimum Gasteiger partial charge on any atom is -0.0622 e. The minimum absolute atomic E-state index is 0.686. The van der Waals surface area contributed by atoms with Crippen LogP contribution in [0, 0.1) is 46.3 Å². The summed E-state index contributed by atoms with van der Waals surface area (Å²) in [4.78, 5) is 0. The van der Waals surface area contributed by atoms with Gasteiger partial charge in [-0.15, -0.1) is 0 Å². The Kier molecular flexibility index (Phi) is 2.91. The Hall–Kier alpha value is 0. The summed E-state index contributed by atoms with van der Waals surface area (Å²) in [5, 5.41) is 0. The molecule has 4 saturated carbocycles. The maximum atomic E-state index is 2.69. The average Bonchev–Trinajstić information content (AvgIpc) is 2.77. The smallest absolute Gasteiger partial charge is 0.0266 e. The van der Waals surface area contributed by atoms with Crippen LogP contribution in [0.5, 0.6) is 0 Å². The Morgan fingerprint density at radius 1 is 0.850 bits per heavy atom. The van der Waals surface area contributed by atoms with E-state index in [2.05, 4.69) is 27.7 Å². The largest absolute Gasteiger partial charge is 0.0622 e. The number of hydrogen-bond donors (Lipinski definition) is 0. The lowest BCUT2D eigenvalue weighted by Gasteiger charge is -2.59. The Labute approximate surface area is 126 Å². The first-order valence-electron chi connectivity index (χ1n) is 9.46. The molecule has 0 aromatic carbocycles. The van der Waals surface area contributed by atoms with E-state index in [9.17, 15) is 0 Å². The zero-order valence-electron chi connectivity index (χ0n) is 14.1. The fourth-order valence-electron chi connectivity index (χ4n) is 7.58. The molecule has 0 aromatic heterocycles. The first kappa shape index (κ1) is 13.6. The van der Waals surface area contributed by atoms with Crippen molar-refractivity contribution in [1.29, 1.82) is 0 Å². The predicted octanol–water partition coefficient (Wildman–Crippen LogP) is 5.91. The summed E-state index contributed by atoms with van der Waals surface area (Å²) in [6.07, 6.45) is 12.3. The van der Waals surface area contributed by atoms with Crippen molar-refractivity contribution in [2.45, 2.75) is 79.1 Å². The van der Waals surface area contributed by atoms with E-state index in [1.807, 2.05) is 0 Å². The van der Waals surface area contributed by atoms with Gasteiger partial charge in [-0.3, -0.25) is 0 Å². The van der Waals surface area contributed by atoms with Crippen LogP contribution in [0.15, 0.2) is 0 Å². The van der Waals surface area contributed by atoms with E-state index in [0.29, 0.717) is 10.8 Å². The van der Waals surface area contributed by atoms with Gasteiger partial charge in [-0.05, 0) is 84.9 Å². The van der Waals surface area contributed by atoms with Crippen molar-refractivity contribution < 1.29 is 0 Å². The van der Waals surface area contributed by atoms with Crippen LogP contribution >= 0.6 is 0 Å². The highest BCUT2D eigenvalue weighted by atomic mass is 14.7. The van der Waals surface area contributed by atoms with E-state index in [1.54, 1.807) is 12.8 Å². The zero-order valence-corrected chi connectivity index (χ0v) is 14.1. The summed E-state index contributed by atoms with van der Waals surface area (Å²) < 4.78 is 0. The summed E-state index contributed by atoms with van der Waals surface area (Å²) in [6, 6.07) is 0. The molecule has 0 amide bonds. The fraction of sp³-hybridized carbons (Fsp3) is 1.00. The van der Waals surface area contributed by atoms with Gasteiger partial charge in [-0.1, -0.05) is 40.5 Å². The number of rotatable bonds is 0. The summed E-state index contributed by atoms with van der Waals surface area (Å²) in [7, 11) is 0. The molecule has 20 heavy (non-hydrogen) atoms. The molecule has 0 nitrogen and oxygen atoms in total. The molecule has 0 aliphatic heterocycles. The van der Waals surface area contributed by atoms with Crippen LogP contribution in [0.4, 0.5) is 0 Å². The Balaban J connectivity index is 1.79. The molecule has 8 unspecified atom stereocenters. The van der Waals surface area contributed by atoms with Gasteiger partial charge in [0.2, 0.25) is 0 Å². The topological polar surface area (TPSA) is 0 Å². The SMILES string of the molecule is CC1CCCC2(C)CCC3(C)C(C)CCC4CC1C2C43. The second-order valence-electron chi connectivity index (χ2n) is 9.72. The van der Waals surface area contributed by atoms with E-state index >= 15 is 0 Å². The van der Waals surface area contributed by atoms with Gasteiger partial charge in [0, 0.05) is 0 Å². The molecule has 4 rings (SSSR count). The lowest BCUT2D eigenvalue weighted by molar-refractivity contribution is -0.102. The van der Waals surface area contributed by atoms with E-state index in [0.717, 1.165) is 35.5 Å². The minimum atomic E-state index is 0.686. The van der Waals surface area contributed by atoms with Crippen LogP contribution in [-0.2, 0) is 0 Å². The normalized spacial score (nSPS) is 61.8. The number of hydrogen-bond acceptors (Lipinski definition) is 0. The molecule has 8 atom stereocenters. The highest BCUT2D eigenvalue weighted by molar-refractivity contribution is 5.12. The maximum absolute atomic E-state index is 2.69. The average molecular weight is 274 g/mol. The van der Waals surface area contributed by atoms with Gasteiger partial charge < -0.3 is 0 Å². The lowest BCUT2D eigenvalue weighted by Crippen LogP contribution is -2.52. The van der Waals surface area contributed by atoms with Crippen molar-refractivity contribution >= 4 is 0 Å². The van der Waals surface area contributed by atoms with Crippen LogP contribution in [0.25, 0.3) is 0 Å². The highest BCUT2D eigenvalue weighted by Crippen LogP contribution is 2.71. The third-order valence-corrected chi connectivity index (χ3v) is 8.97. The molecule has 0 heterocycles.